The maximum atomic E-state index is 12.3. The van der Waals surface area contributed by atoms with E-state index in [9.17, 15) is 9.59 Å². The van der Waals surface area contributed by atoms with Crippen LogP contribution in [0.25, 0.3) is 0 Å². The Labute approximate surface area is 145 Å². The summed E-state index contributed by atoms with van der Waals surface area (Å²) < 4.78 is 0. The van der Waals surface area contributed by atoms with Gasteiger partial charge >= 0.3 is 6.03 Å². The van der Waals surface area contributed by atoms with Crippen LogP contribution < -0.4 is 16.4 Å². The quantitative estimate of drug-likeness (QED) is 0.647. The number of primary amides is 1. The van der Waals surface area contributed by atoms with Gasteiger partial charge in [-0.1, -0.05) is 51.0 Å². The van der Waals surface area contributed by atoms with Crippen molar-refractivity contribution >= 4 is 11.9 Å². The van der Waals surface area contributed by atoms with E-state index < -0.39 is 12.1 Å². The number of hydrogen-bond acceptors (Lipinski definition) is 2. The highest BCUT2D eigenvalue weighted by molar-refractivity contribution is 5.79. The van der Waals surface area contributed by atoms with Gasteiger partial charge in [-0.15, -0.1) is 0 Å². The summed E-state index contributed by atoms with van der Waals surface area (Å²) in [6, 6.07) is 6.78. The maximum absolute atomic E-state index is 12.3. The second kappa shape index (κ2) is 9.96. The third-order valence-electron chi connectivity index (χ3n) is 4.10. The van der Waals surface area contributed by atoms with E-state index in [-0.39, 0.29) is 18.4 Å². The van der Waals surface area contributed by atoms with Gasteiger partial charge in [0.15, 0.2) is 0 Å². The fraction of sp³-hybridized carbons (Fsp3) is 0.579. The molecular weight excluding hydrogens is 302 g/mol. The number of carbonyl (C=O) groups excluding carboxylic acids is 2. The molecular formula is C19H31N3O2. The van der Waals surface area contributed by atoms with Gasteiger partial charge in [0.25, 0.3) is 0 Å². The van der Waals surface area contributed by atoms with E-state index in [0.717, 1.165) is 30.4 Å². The predicted molar refractivity (Wildman–Crippen MR) is 97.5 cm³/mol. The zero-order valence-corrected chi connectivity index (χ0v) is 15.3. The van der Waals surface area contributed by atoms with Gasteiger partial charge in [0.05, 0.1) is 12.5 Å². The Kier molecular flexibility index (Phi) is 8.30. The van der Waals surface area contributed by atoms with Crippen molar-refractivity contribution < 1.29 is 9.59 Å². The van der Waals surface area contributed by atoms with Gasteiger partial charge in [0.1, 0.15) is 0 Å². The topological polar surface area (TPSA) is 84.2 Å². The van der Waals surface area contributed by atoms with Crippen LogP contribution in [0.2, 0.25) is 0 Å². The first-order valence-electron chi connectivity index (χ1n) is 8.70. The van der Waals surface area contributed by atoms with Crippen molar-refractivity contribution in [3.05, 3.63) is 35.4 Å². The molecule has 2 atom stereocenters. The van der Waals surface area contributed by atoms with Gasteiger partial charge in [-0.25, -0.2) is 4.79 Å². The molecule has 24 heavy (non-hydrogen) atoms. The zero-order chi connectivity index (χ0) is 18.1. The van der Waals surface area contributed by atoms with E-state index in [1.165, 1.54) is 0 Å². The molecule has 4 N–H and O–H groups in total. The van der Waals surface area contributed by atoms with E-state index in [1.54, 1.807) is 0 Å². The Bertz CT molecular complexity index is 543. The van der Waals surface area contributed by atoms with Gasteiger partial charge in [-0.3, -0.25) is 4.79 Å². The molecule has 0 saturated carbocycles. The molecule has 0 aliphatic carbocycles. The van der Waals surface area contributed by atoms with Crippen LogP contribution in [0.3, 0.4) is 0 Å². The SMILES string of the molecule is Cc1ccccc1C(CC(=O)NC(C)CCCC(C)C)NC(N)=O. The minimum Gasteiger partial charge on any atom is -0.354 e. The summed E-state index contributed by atoms with van der Waals surface area (Å²) in [7, 11) is 0. The zero-order valence-electron chi connectivity index (χ0n) is 15.3. The third-order valence-corrected chi connectivity index (χ3v) is 4.10. The molecule has 0 saturated heterocycles. The molecule has 0 aliphatic rings. The minimum absolute atomic E-state index is 0.0750. The van der Waals surface area contributed by atoms with Crippen LogP contribution in [0.5, 0.6) is 0 Å². The number of amides is 3. The number of nitrogens with two attached hydrogens (primary N) is 1. The van der Waals surface area contributed by atoms with Crippen LogP contribution in [0.4, 0.5) is 4.79 Å². The van der Waals surface area contributed by atoms with Gasteiger partial charge < -0.3 is 16.4 Å². The molecule has 2 unspecified atom stereocenters. The summed E-state index contributed by atoms with van der Waals surface area (Å²) in [6.07, 6.45) is 3.40. The van der Waals surface area contributed by atoms with Crippen LogP contribution in [-0.4, -0.2) is 18.0 Å². The lowest BCUT2D eigenvalue weighted by Crippen LogP contribution is -2.39. The molecule has 1 rings (SSSR count). The predicted octanol–water partition coefficient (Wildman–Crippen LogP) is 3.43. The number of nitrogens with one attached hydrogen (secondary N) is 2. The third kappa shape index (κ3) is 7.49. The molecule has 0 aliphatic heterocycles. The summed E-state index contributed by atoms with van der Waals surface area (Å²) in [4.78, 5) is 23.6. The van der Waals surface area contributed by atoms with Crippen molar-refractivity contribution in [1.82, 2.24) is 10.6 Å². The van der Waals surface area contributed by atoms with Gasteiger partial charge in [0, 0.05) is 6.04 Å². The minimum atomic E-state index is -0.624. The highest BCUT2D eigenvalue weighted by Gasteiger charge is 2.19. The molecule has 134 valence electrons. The van der Waals surface area contributed by atoms with Crippen molar-refractivity contribution in [2.75, 3.05) is 0 Å². The molecule has 0 heterocycles. The number of hydrogen-bond donors (Lipinski definition) is 3. The molecule has 0 aromatic heterocycles. The fourth-order valence-electron chi connectivity index (χ4n) is 2.81. The van der Waals surface area contributed by atoms with Gasteiger partial charge in [0.2, 0.25) is 5.91 Å². The molecule has 0 bridgehead atoms. The highest BCUT2D eigenvalue weighted by Crippen LogP contribution is 2.20. The first kappa shape index (κ1) is 20.0. The van der Waals surface area contributed by atoms with Crippen LogP contribution in [0, 0.1) is 12.8 Å². The lowest BCUT2D eigenvalue weighted by atomic mass is 9.98. The monoisotopic (exact) mass is 333 g/mol. The smallest absolute Gasteiger partial charge is 0.312 e. The van der Waals surface area contributed by atoms with E-state index in [0.29, 0.717) is 5.92 Å². The summed E-state index contributed by atoms with van der Waals surface area (Å²) >= 11 is 0. The Balaban J connectivity index is 2.62. The molecule has 5 nitrogen and oxygen atoms in total. The average molecular weight is 333 g/mol. The first-order chi connectivity index (χ1) is 11.3. The van der Waals surface area contributed by atoms with Crippen LogP contribution in [0.1, 0.15) is 63.6 Å². The summed E-state index contributed by atoms with van der Waals surface area (Å²) in [5, 5.41) is 5.69. The van der Waals surface area contributed by atoms with Crippen molar-refractivity contribution in [3.8, 4) is 0 Å². The largest absolute Gasteiger partial charge is 0.354 e. The summed E-state index contributed by atoms with van der Waals surface area (Å²) in [5.74, 6) is 0.604. The number of aryl methyl sites for hydroxylation is 1. The molecule has 3 amide bonds. The number of benzene rings is 1. The molecule has 1 aromatic rings. The number of carbonyl (C=O) groups is 2. The Hall–Kier alpha value is -2.04. The first-order valence-corrected chi connectivity index (χ1v) is 8.70. The summed E-state index contributed by atoms with van der Waals surface area (Å²) in [6.45, 7) is 8.37. The Morgan fingerprint density at radius 2 is 1.75 bits per heavy atom. The van der Waals surface area contributed by atoms with Crippen LogP contribution in [0.15, 0.2) is 24.3 Å². The molecule has 1 aromatic carbocycles. The molecule has 5 heteroatoms. The van der Waals surface area contributed by atoms with Crippen molar-refractivity contribution in [1.29, 1.82) is 0 Å². The van der Waals surface area contributed by atoms with E-state index in [2.05, 4.69) is 24.5 Å². The number of urea groups is 1. The van der Waals surface area contributed by atoms with E-state index in [4.69, 9.17) is 5.73 Å². The van der Waals surface area contributed by atoms with Crippen LogP contribution in [-0.2, 0) is 4.79 Å². The van der Waals surface area contributed by atoms with Gasteiger partial charge in [-0.2, -0.15) is 0 Å². The highest BCUT2D eigenvalue weighted by atomic mass is 16.2. The van der Waals surface area contributed by atoms with Crippen molar-refractivity contribution in [3.63, 3.8) is 0 Å². The normalized spacial score (nSPS) is 13.4. The second-order valence-electron chi connectivity index (χ2n) is 6.92. The second-order valence-corrected chi connectivity index (χ2v) is 6.92. The summed E-state index contributed by atoms with van der Waals surface area (Å²) in [5.41, 5.74) is 7.21. The maximum Gasteiger partial charge on any atom is 0.312 e. The standard InChI is InChI=1S/C19H31N3O2/c1-13(2)8-7-10-15(4)21-18(23)12-17(22-19(20)24)16-11-6-5-9-14(16)3/h5-6,9,11,13,15,17H,7-8,10,12H2,1-4H3,(H,21,23)(H3,20,22,24). The average Bonchev–Trinajstić information content (AvgIpc) is 2.46. The molecule has 0 fully saturated rings. The Morgan fingerprint density at radius 1 is 1.08 bits per heavy atom. The van der Waals surface area contributed by atoms with Crippen molar-refractivity contribution in [2.24, 2.45) is 11.7 Å². The molecule has 0 radical (unpaired) electrons. The van der Waals surface area contributed by atoms with Gasteiger partial charge in [-0.05, 0) is 37.3 Å². The Morgan fingerprint density at radius 3 is 2.33 bits per heavy atom. The van der Waals surface area contributed by atoms with Crippen molar-refractivity contribution in [2.45, 2.75) is 65.5 Å². The van der Waals surface area contributed by atoms with E-state index in [1.807, 2.05) is 38.1 Å². The lowest BCUT2D eigenvalue weighted by molar-refractivity contribution is -0.122. The number of rotatable bonds is 9. The lowest BCUT2D eigenvalue weighted by Gasteiger charge is -2.21. The van der Waals surface area contributed by atoms with E-state index >= 15 is 0 Å². The fourth-order valence-corrected chi connectivity index (χ4v) is 2.81. The van der Waals surface area contributed by atoms with Crippen LogP contribution >= 0.6 is 0 Å². The molecule has 0 spiro atoms.